The van der Waals surface area contributed by atoms with Crippen LogP contribution in [0.2, 0.25) is 0 Å². The highest BCUT2D eigenvalue weighted by atomic mass is 32.1. The molecule has 18 heavy (non-hydrogen) atoms. The van der Waals surface area contributed by atoms with Crippen molar-refractivity contribution >= 4 is 11.3 Å². The first kappa shape index (κ1) is 13.5. The van der Waals surface area contributed by atoms with E-state index in [9.17, 15) is 0 Å². The highest BCUT2D eigenvalue weighted by molar-refractivity contribution is 7.09. The third-order valence-electron chi connectivity index (χ3n) is 3.04. The van der Waals surface area contributed by atoms with Crippen LogP contribution in [0.3, 0.4) is 0 Å². The molecule has 3 nitrogen and oxygen atoms in total. The van der Waals surface area contributed by atoms with Gasteiger partial charge < -0.3 is 5.32 Å². The first-order valence-electron chi connectivity index (χ1n) is 6.61. The molecular formula is C14H21N3S. The monoisotopic (exact) mass is 263 g/mol. The Balaban J connectivity index is 1.85. The molecule has 1 N–H and O–H groups in total. The maximum absolute atomic E-state index is 5.43. The zero-order valence-electron chi connectivity index (χ0n) is 11.0. The van der Waals surface area contributed by atoms with Crippen LogP contribution in [0.25, 0.3) is 0 Å². The Kier molecular flexibility index (Phi) is 5.18. The van der Waals surface area contributed by atoms with Crippen LogP contribution in [-0.4, -0.2) is 29.5 Å². The van der Waals surface area contributed by atoms with Gasteiger partial charge in [-0.15, -0.1) is 17.8 Å². The van der Waals surface area contributed by atoms with E-state index in [-0.39, 0.29) is 0 Å². The van der Waals surface area contributed by atoms with E-state index in [2.05, 4.69) is 33.4 Å². The third-order valence-corrected chi connectivity index (χ3v) is 3.94. The van der Waals surface area contributed by atoms with Gasteiger partial charge in [0.15, 0.2) is 0 Å². The van der Waals surface area contributed by atoms with E-state index in [1.807, 2.05) is 0 Å². The molecule has 1 aliphatic rings. The molecule has 98 valence electrons. The molecule has 4 heteroatoms. The van der Waals surface area contributed by atoms with Crippen LogP contribution in [-0.2, 0) is 13.1 Å². The summed E-state index contributed by atoms with van der Waals surface area (Å²) in [6, 6.07) is 0. The van der Waals surface area contributed by atoms with Gasteiger partial charge in [0, 0.05) is 25.0 Å². The Hall–Kier alpha value is -0.890. The smallest absolute Gasteiger partial charge is 0.107 e. The van der Waals surface area contributed by atoms with Crippen molar-refractivity contribution in [2.75, 3.05) is 19.6 Å². The summed E-state index contributed by atoms with van der Waals surface area (Å²) >= 11 is 1.73. The molecule has 0 atom stereocenters. The Bertz CT molecular complexity index is 403. The third kappa shape index (κ3) is 4.41. The lowest BCUT2D eigenvalue weighted by Crippen LogP contribution is -2.26. The van der Waals surface area contributed by atoms with Crippen LogP contribution in [0, 0.1) is 18.3 Å². The summed E-state index contributed by atoms with van der Waals surface area (Å²) in [5, 5.41) is 6.62. The summed E-state index contributed by atoms with van der Waals surface area (Å²) in [5.41, 5.74) is 1.16. The Morgan fingerprint density at radius 1 is 1.61 bits per heavy atom. The fourth-order valence-corrected chi connectivity index (χ4v) is 2.70. The van der Waals surface area contributed by atoms with Crippen LogP contribution < -0.4 is 5.32 Å². The molecule has 2 rings (SSSR count). The molecule has 1 aliphatic carbocycles. The molecule has 0 saturated heterocycles. The van der Waals surface area contributed by atoms with Gasteiger partial charge in [-0.05, 0) is 25.3 Å². The van der Waals surface area contributed by atoms with E-state index in [4.69, 9.17) is 6.42 Å². The Morgan fingerprint density at radius 2 is 2.44 bits per heavy atom. The molecule has 1 aromatic rings. The van der Waals surface area contributed by atoms with Gasteiger partial charge in [-0.1, -0.05) is 12.8 Å². The van der Waals surface area contributed by atoms with E-state index < -0.39 is 0 Å². The lowest BCUT2D eigenvalue weighted by Gasteiger charge is -2.17. The number of nitrogens with zero attached hydrogens (tertiary/aromatic N) is 2. The molecular weight excluding hydrogens is 242 g/mol. The lowest BCUT2D eigenvalue weighted by atomic mass is 10.3. The van der Waals surface area contributed by atoms with E-state index in [1.54, 1.807) is 11.3 Å². The van der Waals surface area contributed by atoms with Crippen molar-refractivity contribution in [3.63, 3.8) is 0 Å². The van der Waals surface area contributed by atoms with Gasteiger partial charge in [0.25, 0.3) is 0 Å². The second kappa shape index (κ2) is 6.89. The molecule has 1 heterocycles. The van der Waals surface area contributed by atoms with Gasteiger partial charge in [0.2, 0.25) is 0 Å². The summed E-state index contributed by atoms with van der Waals surface area (Å²) in [7, 11) is 0. The van der Waals surface area contributed by atoms with Crippen LogP contribution in [0.5, 0.6) is 0 Å². The zero-order chi connectivity index (χ0) is 12.8. The van der Waals surface area contributed by atoms with Crippen LogP contribution >= 0.6 is 11.3 Å². The molecule has 1 saturated carbocycles. The van der Waals surface area contributed by atoms with E-state index >= 15 is 0 Å². The van der Waals surface area contributed by atoms with Crippen molar-refractivity contribution < 1.29 is 0 Å². The number of rotatable bonds is 8. The Morgan fingerprint density at radius 3 is 3.11 bits per heavy atom. The van der Waals surface area contributed by atoms with Gasteiger partial charge in [-0.25, -0.2) is 4.98 Å². The van der Waals surface area contributed by atoms with Gasteiger partial charge in [-0.3, -0.25) is 4.90 Å². The van der Waals surface area contributed by atoms with Crippen molar-refractivity contribution in [2.24, 2.45) is 5.92 Å². The summed E-state index contributed by atoms with van der Waals surface area (Å²) in [6.45, 7) is 6.72. The molecule has 1 aromatic heterocycles. The van der Waals surface area contributed by atoms with Crippen molar-refractivity contribution in [3.05, 3.63) is 16.1 Å². The van der Waals surface area contributed by atoms with Crippen LogP contribution in [0.1, 0.15) is 30.5 Å². The highest BCUT2D eigenvalue weighted by Crippen LogP contribution is 2.30. The van der Waals surface area contributed by atoms with Crippen molar-refractivity contribution in [2.45, 2.75) is 32.9 Å². The maximum atomic E-state index is 5.43. The van der Waals surface area contributed by atoms with E-state index in [1.165, 1.54) is 17.8 Å². The normalized spacial score (nSPS) is 14.9. The fraction of sp³-hybridized carbons (Fsp3) is 0.643. The minimum Gasteiger partial charge on any atom is -0.311 e. The maximum Gasteiger partial charge on any atom is 0.107 e. The highest BCUT2D eigenvalue weighted by Gasteiger charge is 2.24. The van der Waals surface area contributed by atoms with E-state index in [0.29, 0.717) is 0 Å². The molecule has 0 aromatic carbocycles. The second-order valence-electron chi connectivity index (χ2n) is 4.83. The molecule has 0 amide bonds. The number of thiazole rings is 1. The predicted octanol–water partition coefficient (Wildman–Crippen LogP) is 2.10. The minimum atomic E-state index is 0.733. The van der Waals surface area contributed by atoms with Crippen LogP contribution in [0.4, 0.5) is 0 Å². The molecule has 0 radical (unpaired) electrons. The summed E-state index contributed by atoms with van der Waals surface area (Å²) in [4.78, 5) is 6.98. The number of aromatic nitrogens is 1. The molecule has 0 aliphatic heterocycles. The molecule has 1 fully saturated rings. The predicted molar refractivity (Wildman–Crippen MR) is 76.3 cm³/mol. The van der Waals surface area contributed by atoms with Crippen molar-refractivity contribution in [1.82, 2.24) is 15.2 Å². The quantitative estimate of drug-likeness (QED) is 0.728. The van der Waals surface area contributed by atoms with Gasteiger partial charge in [0.1, 0.15) is 5.01 Å². The first-order chi connectivity index (χ1) is 8.81. The SMILES string of the molecule is C#CCN(Cc1csc(CNCC)n1)CC1CC1. The zero-order valence-corrected chi connectivity index (χ0v) is 11.8. The first-order valence-corrected chi connectivity index (χ1v) is 7.49. The number of hydrogen-bond donors (Lipinski definition) is 1. The minimum absolute atomic E-state index is 0.733. The summed E-state index contributed by atoms with van der Waals surface area (Å²) < 4.78 is 0. The number of hydrogen-bond acceptors (Lipinski definition) is 4. The Labute approximate surface area is 114 Å². The molecule has 0 spiro atoms. The van der Waals surface area contributed by atoms with Crippen molar-refractivity contribution in [3.8, 4) is 12.3 Å². The largest absolute Gasteiger partial charge is 0.311 e. The van der Waals surface area contributed by atoms with E-state index in [0.717, 1.165) is 44.3 Å². The lowest BCUT2D eigenvalue weighted by molar-refractivity contribution is 0.283. The molecule has 0 unspecified atom stereocenters. The van der Waals surface area contributed by atoms with Gasteiger partial charge in [-0.2, -0.15) is 0 Å². The summed E-state index contributed by atoms with van der Waals surface area (Å²) in [6.07, 6.45) is 8.16. The average Bonchev–Trinajstić information content (AvgIpc) is 3.05. The second-order valence-corrected chi connectivity index (χ2v) is 5.77. The molecule has 0 bridgehead atoms. The van der Waals surface area contributed by atoms with Gasteiger partial charge >= 0.3 is 0 Å². The van der Waals surface area contributed by atoms with Gasteiger partial charge in [0.05, 0.1) is 12.2 Å². The van der Waals surface area contributed by atoms with Crippen LogP contribution in [0.15, 0.2) is 5.38 Å². The average molecular weight is 263 g/mol. The number of nitrogens with one attached hydrogen (secondary N) is 1. The fourth-order valence-electron chi connectivity index (χ4n) is 1.94. The van der Waals surface area contributed by atoms with Crippen molar-refractivity contribution in [1.29, 1.82) is 0 Å². The topological polar surface area (TPSA) is 28.2 Å². The summed E-state index contributed by atoms with van der Waals surface area (Å²) in [5.74, 6) is 3.62. The number of terminal acetylenes is 1. The standard InChI is InChI=1S/C14H21N3S/c1-3-7-17(9-12-5-6-12)10-13-11-18-14(16-13)8-15-4-2/h1,11-12,15H,4-10H2,2H3.